The van der Waals surface area contributed by atoms with Crippen molar-refractivity contribution in [1.29, 1.82) is 0 Å². The van der Waals surface area contributed by atoms with Gasteiger partial charge in [-0.2, -0.15) is 0 Å². The number of halogens is 1. The molecule has 0 aliphatic heterocycles. The molecular weight excluding hydrogens is 338 g/mol. The van der Waals surface area contributed by atoms with Crippen LogP contribution in [0.25, 0.3) is 0 Å². The highest BCUT2D eigenvalue weighted by atomic mass is 35.5. The Morgan fingerprint density at radius 3 is 2.60 bits per heavy atom. The summed E-state index contributed by atoms with van der Waals surface area (Å²) in [7, 11) is 1.62. The minimum absolute atomic E-state index is 0.159. The van der Waals surface area contributed by atoms with E-state index in [-0.39, 0.29) is 11.9 Å². The molecule has 1 N–H and O–H groups in total. The molecule has 2 atom stereocenters. The van der Waals surface area contributed by atoms with E-state index < -0.39 is 6.10 Å². The average molecular weight is 362 g/mol. The summed E-state index contributed by atoms with van der Waals surface area (Å²) in [6.45, 7) is 5.75. The van der Waals surface area contributed by atoms with Gasteiger partial charge in [-0.25, -0.2) is 0 Å². The molecule has 2 aromatic rings. The number of benzene rings is 2. The maximum Gasteiger partial charge on any atom is 0.261 e. The monoisotopic (exact) mass is 361 g/mol. The fourth-order valence-electron chi connectivity index (χ4n) is 2.59. The van der Waals surface area contributed by atoms with Gasteiger partial charge in [0.1, 0.15) is 11.5 Å². The van der Waals surface area contributed by atoms with Gasteiger partial charge >= 0.3 is 0 Å². The van der Waals surface area contributed by atoms with Gasteiger partial charge in [0.05, 0.1) is 13.2 Å². The minimum Gasteiger partial charge on any atom is -0.496 e. The van der Waals surface area contributed by atoms with Crippen LogP contribution in [-0.2, 0) is 4.79 Å². The maximum atomic E-state index is 12.6. The Bertz CT molecular complexity index is 733. The van der Waals surface area contributed by atoms with Crippen LogP contribution in [-0.4, -0.2) is 19.1 Å². The molecule has 2 rings (SSSR count). The van der Waals surface area contributed by atoms with E-state index in [2.05, 4.69) is 5.32 Å². The molecule has 4 nitrogen and oxygen atoms in total. The van der Waals surface area contributed by atoms with Gasteiger partial charge in [-0.1, -0.05) is 36.7 Å². The smallest absolute Gasteiger partial charge is 0.261 e. The molecule has 0 unspecified atom stereocenters. The highest BCUT2D eigenvalue weighted by Crippen LogP contribution is 2.25. The summed E-state index contributed by atoms with van der Waals surface area (Å²) < 4.78 is 11.2. The summed E-state index contributed by atoms with van der Waals surface area (Å²) in [4.78, 5) is 12.6. The summed E-state index contributed by atoms with van der Waals surface area (Å²) >= 11 is 6.03. The molecule has 0 aromatic heterocycles. The number of carbonyl (C=O) groups is 1. The van der Waals surface area contributed by atoms with Crippen LogP contribution < -0.4 is 14.8 Å². The van der Waals surface area contributed by atoms with Crippen molar-refractivity contribution in [2.75, 3.05) is 7.11 Å². The van der Waals surface area contributed by atoms with E-state index in [9.17, 15) is 4.79 Å². The second kappa shape index (κ2) is 8.77. The van der Waals surface area contributed by atoms with E-state index in [0.717, 1.165) is 16.9 Å². The molecule has 0 saturated carbocycles. The zero-order valence-electron chi connectivity index (χ0n) is 15.0. The van der Waals surface area contributed by atoms with Gasteiger partial charge in [-0.05, 0) is 50.1 Å². The molecule has 1 amide bonds. The lowest BCUT2D eigenvalue weighted by molar-refractivity contribution is -0.128. The fourth-order valence-corrected chi connectivity index (χ4v) is 2.70. The summed E-state index contributed by atoms with van der Waals surface area (Å²) in [5.74, 6) is 1.22. The molecule has 0 saturated heterocycles. The first-order valence-electron chi connectivity index (χ1n) is 8.32. The summed E-state index contributed by atoms with van der Waals surface area (Å²) in [6, 6.07) is 12.8. The first-order chi connectivity index (χ1) is 12.0. The molecule has 2 aromatic carbocycles. The zero-order valence-corrected chi connectivity index (χ0v) is 15.8. The van der Waals surface area contributed by atoms with Gasteiger partial charge in [0.15, 0.2) is 6.10 Å². The highest BCUT2D eigenvalue weighted by molar-refractivity contribution is 6.31. The van der Waals surface area contributed by atoms with Crippen LogP contribution in [0.3, 0.4) is 0 Å². The normalized spacial score (nSPS) is 13.0. The third kappa shape index (κ3) is 4.89. The molecule has 134 valence electrons. The zero-order chi connectivity index (χ0) is 18.4. The van der Waals surface area contributed by atoms with Crippen LogP contribution in [0.5, 0.6) is 11.5 Å². The second-order valence-corrected chi connectivity index (χ2v) is 6.31. The SMILES string of the molecule is CC[C@@H](Oc1ccc(Cl)c(C)c1)C(=O)N[C@H](C)c1ccccc1OC. The number of amides is 1. The van der Waals surface area contributed by atoms with Gasteiger partial charge in [0.2, 0.25) is 0 Å². The maximum absolute atomic E-state index is 12.6. The molecule has 0 radical (unpaired) electrons. The van der Waals surface area contributed by atoms with Crippen LogP contribution in [0.1, 0.15) is 37.4 Å². The number of rotatable bonds is 7. The van der Waals surface area contributed by atoms with Gasteiger partial charge in [0.25, 0.3) is 5.91 Å². The lowest BCUT2D eigenvalue weighted by Crippen LogP contribution is -2.39. The predicted octanol–water partition coefficient (Wildman–Crippen LogP) is 4.69. The van der Waals surface area contributed by atoms with Crippen molar-refractivity contribution in [3.05, 3.63) is 58.6 Å². The second-order valence-electron chi connectivity index (χ2n) is 5.90. The van der Waals surface area contributed by atoms with Crippen LogP contribution in [0.2, 0.25) is 5.02 Å². The molecular formula is C20H24ClNO3. The van der Waals surface area contributed by atoms with Crippen LogP contribution in [0.4, 0.5) is 0 Å². The number of ether oxygens (including phenoxy) is 2. The van der Waals surface area contributed by atoms with E-state index in [1.54, 1.807) is 19.2 Å². The Labute approximate surface area is 154 Å². The molecule has 0 spiro atoms. The number of para-hydroxylation sites is 1. The first-order valence-corrected chi connectivity index (χ1v) is 8.70. The van der Waals surface area contributed by atoms with Crippen molar-refractivity contribution in [3.63, 3.8) is 0 Å². The van der Waals surface area contributed by atoms with Gasteiger partial charge in [0, 0.05) is 10.6 Å². The van der Waals surface area contributed by atoms with Gasteiger partial charge in [-0.3, -0.25) is 4.79 Å². The lowest BCUT2D eigenvalue weighted by atomic mass is 10.1. The molecule has 25 heavy (non-hydrogen) atoms. The van der Waals surface area contributed by atoms with Crippen LogP contribution in [0.15, 0.2) is 42.5 Å². The van der Waals surface area contributed by atoms with E-state index >= 15 is 0 Å². The number of methoxy groups -OCH3 is 1. The molecule has 0 heterocycles. The van der Waals surface area contributed by atoms with Gasteiger partial charge < -0.3 is 14.8 Å². The number of hydrogen-bond acceptors (Lipinski definition) is 3. The third-order valence-electron chi connectivity index (χ3n) is 4.04. The Hall–Kier alpha value is -2.20. The molecule has 0 bridgehead atoms. The van der Waals surface area contributed by atoms with Crippen molar-refractivity contribution in [1.82, 2.24) is 5.32 Å². The van der Waals surface area contributed by atoms with Crippen molar-refractivity contribution in [2.45, 2.75) is 39.3 Å². The summed E-state index contributed by atoms with van der Waals surface area (Å²) in [6.07, 6.45) is -0.00989. The predicted molar refractivity (Wildman–Crippen MR) is 100 cm³/mol. The Morgan fingerprint density at radius 1 is 1.24 bits per heavy atom. The van der Waals surface area contributed by atoms with Crippen molar-refractivity contribution in [2.24, 2.45) is 0 Å². The number of nitrogens with one attached hydrogen (secondary N) is 1. The third-order valence-corrected chi connectivity index (χ3v) is 4.46. The summed E-state index contributed by atoms with van der Waals surface area (Å²) in [5.41, 5.74) is 1.84. The molecule has 0 fully saturated rings. The molecule has 0 aliphatic rings. The van der Waals surface area contributed by atoms with Crippen molar-refractivity contribution >= 4 is 17.5 Å². The topological polar surface area (TPSA) is 47.6 Å². The van der Waals surface area contributed by atoms with E-state index in [4.69, 9.17) is 21.1 Å². The number of hydrogen-bond donors (Lipinski definition) is 1. The minimum atomic E-state index is -0.572. The largest absolute Gasteiger partial charge is 0.496 e. The standard InChI is InChI=1S/C20H24ClNO3/c1-5-18(25-15-10-11-17(21)13(2)12-15)20(23)22-14(3)16-8-6-7-9-19(16)24-4/h6-12,14,18H,5H2,1-4H3,(H,22,23)/t14-,18-/m1/s1. The lowest BCUT2D eigenvalue weighted by Gasteiger charge is -2.22. The van der Waals surface area contributed by atoms with Crippen LogP contribution >= 0.6 is 11.6 Å². The quantitative estimate of drug-likeness (QED) is 0.778. The van der Waals surface area contributed by atoms with E-state index in [1.165, 1.54) is 0 Å². The molecule has 5 heteroatoms. The average Bonchev–Trinajstić information content (AvgIpc) is 2.62. The Morgan fingerprint density at radius 2 is 1.96 bits per heavy atom. The molecule has 0 aliphatic carbocycles. The summed E-state index contributed by atoms with van der Waals surface area (Å²) in [5, 5.41) is 3.67. The van der Waals surface area contributed by atoms with Crippen molar-refractivity contribution < 1.29 is 14.3 Å². The Balaban J connectivity index is 2.07. The first kappa shape index (κ1) is 19.1. The van der Waals surface area contributed by atoms with E-state index in [1.807, 2.05) is 51.1 Å². The van der Waals surface area contributed by atoms with Gasteiger partial charge in [-0.15, -0.1) is 0 Å². The highest BCUT2D eigenvalue weighted by Gasteiger charge is 2.22. The van der Waals surface area contributed by atoms with Crippen LogP contribution in [0, 0.1) is 6.92 Å². The van der Waals surface area contributed by atoms with E-state index in [0.29, 0.717) is 17.2 Å². The fraction of sp³-hybridized carbons (Fsp3) is 0.350. The number of aryl methyl sites for hydroxylation is 1. The number of carbonyl (C=O) groups excluding carboxylic acids is 1. The Kier molecular flexibility index (Phi) is 6.71. The van der Waals surface area contributed by atoms with Crippen molar-refractivity contribution in [3.8, 4) is 11.5 Å².